The van der Waals surface area contributed by atoms with E-state index in [0.29, 0.717) is 0 Å². The van der Waals surface area contributed by atoms with Crippen LogP contribution in [0, 0.1) is 5.92 Å². The molecule has 94 valence electrons. The molecular formula is C13H27N3. The van der Waals surface area contributed by atoms with Crippen molar-refractivity contribution in [3.8, 4) is 0 Å². The highest BCUT2D eigenvalue weighted by Gasteiger charge is 2.27. The maximum Gasteiger partial charge on any atom is 0.0507 e. The van der Waals surface area contributed by atoms with E-state index in [1.54, 1.807) is 0 Å². The molecule has 2 aliphatic rings. The predicted molar refractivity (Wildman–Crippen MR) is 68.5 cm³/mol. The summed E-state index contributed by atoms with van der Waals surface area (Å²) in [5, 5.41) is 0. The van der Waals surface area contributed by atoms with Crippen LogP contribution in [0.4, 0.5) is 0 Å². The molecule has 0 aromatic carbocycles. The van der Waals surface area contributed by atoms with E-state index in [1.165, 1.54) is 52.4 Å². The molecule has 2 heterocycles. The van der Waals surface area contributed by atoms with Crippen LogP contribution in [0.25, 0.3) is 0 Å². The Balaban J connectivity index is 1.63. The third-order valence-electron chi connectivity index (χ3n) is 4.15. The number of nitrogens with zero attached hydrogens (tertiary/aromatic N) is 3. The quantitative estimate of drug-likeness (QED) is 0.714. The van der Waals surface area contributed by atoms with Crippen LogP contribution in [-0.2, 0) is 0 Å². The van der Waals surface area contributed by atoms with E-state index in [4.69, 9.17) is 0 Å². The van der Waals surface area contributed by atoms with Gasteiger partial charge < -0.3 is 0 Å². The van der Waals surface area contributed by atoms with E-state index in [9.17, 15) is 0 Å². The molecule has 0 unspecified atom stereocenters. The van der Waals surface area contributed by atoms with Crippen molar-refractivity contribution in [1.29, 1.82) is 0 Å². The zero-order valence-electron chi connectivity index (χ0n) is 11.2. The van der Waals surface area contributed by atoms with Gasteiger partial charge in [-0.1, -0.05) is 13.3 Å². The molecule has 0 spiro atoms. The maximum atomic E-state index is 2.62. The van der Waals surface area contributed by atoms with Gasteiger partial charge in [0, 0.05) is 45.3 Å². The molecule has 0 N–H and O–H groups in total. The summed E-state index contributed by atoms with van der Waals surface area (Å²) >= 11 is 0. The maximum absolute atomic E-state index is 2.62. The van der Waals surface area contributed by atoms with Crippen molar-refractivity contribution in [2.45, 2.75) is 33.2 Å². The average molecular weight is 225 g/mol. The van der Waals surface area contributed by atoms with Gasteiger partial charge in [-0.2, -0.15) is 0 Å². The second-order valence-electron chi connectivity index (χ2n) is 5.70. The van der Waals surface area contributed by atoms with Crippen LogP contribution in [0.15, 0.2) is 0 Å². The van der Waals surface area contributed by atoms with E-state index in [0.717, 1.165) is 12.0 Å². The Labute approximate surface area is 100 Å². The van der Waals surface area contributed by atoms with Crippen molar-refractivity contribution in [2.24, 2.45) is 5.92 Å². The van der Waals surface area contributed by atoms with Gasteiger partial charge in [-0.15, -0.1) is 0 Å². The second kappa shape index (κ2) is 5.48. The molecular weight excluding hydrogens is 198 g/mol. The largest absolute Gasteiger partial charge is 0.298 e. The molecule has 3 nitrogen and oxygen atoms in total. The fraction of sp³-hybridized carbons (Fsp3) is 1.00. The van der Waals surface area contributed by atoms with Gasteiger partial charge in [0.1, 0.15) is 0 Å². The molecule has 0 bridgehead atoms. The lowest BCUT2D eigenvalue weighted by Crippen LogP contribution is -2.56. The average Bonchev–Trinajstić information content (AvgIpc) is 2.23. The highest BCUT2D eigenvalue weighted by Crippen LogP contribution is 2.19. The van der Waals surface area contributed by atoms with Crippen molar-refractivity contribution in [2.75, 3.05) is 45.9 Å². The summed E-state index contributed by atoms with van der Waals surface area (Å²) in [5.41, 5.74) is 0. The Bertz CT molecular complexity index is 203. The number of hydrogen-bond acceptors (Lipinski definition) is 3. The lowest BCUT2D eigenvalue weighted by molar-refractivity contribution is 0.00750. The van der Waals surface area contributed by atoms with Crippen LogP contribution < -0.4 is 0 Å². The first-order valence-electron chi connectivity index (χ1n) is 6.87. The summed E-state index contributed by atoms with van der Waals surface area (Å²) in [7, 11) is 0. The van der Waals surface area contributed by atoms with Gasteiger partial charge in [-0.05, 0) is 19.8 Å². The third kappa shape index (κ3) is 2.96. The van der Waals surface area contributed by atoms with Crippen molar-refractivity contribution < 1.29 is 0 Å². The predicted octanol–water partition coefficient (Wildman–Crippen LogP) is 1.31. The molecule has 2 rings (SSSR count). The van der Waals surface area contributed by atoms with Gasteiger partial charge in [-0.25, -0.2) is 0 Å². The van der Waals surface area contributed by atoms with Gasteiger partial charge in [0.05, 0.1) is 6.67 Å². The van der Waals surface area contributed by atoms with E-state index in [1.807, 2.05) is 0 Å². The lowest BCUT2D eigenvalue weighted by Gasteiger charge is -2.44. The molecule has 0 aromatic heterocycles. The number of piperazine rings is 1. The molecule has 0 radical (unpaired) electrons. The molecule has 2 aliphatic heterocycles. The second-order valence-corrected chi connectivity index (χ2v) is 5.70. The Morgan fingerprint density at radius 3 is 2.12 bits per heavy atom. The Hall–Kier alpha value is -0.120. The third-order valence-corrected chi connectivity index (χ3v) is 4.15. The van der Waals surface area contributed by atoms with Crippen molar-refractivity contribution >= 4 is 0 Å². The van der Waals surface area contributed by atoms with E-state index in [2.05, 4.69) is 35.5 Å². The van der Waals surface area contributed by atoms with Crippen LogP contribution in [0.2, 0.25) is 0 Å². The smallest absolute Gasteiger partial charge is 0.0507 e. The summed E-state index contributed by atoms with van der Waals surface area (Å²) in [5.74, 6) is 0.983. The normalized spacial score (nSPS) is 26.2. The van der Waals surface area contributed by atoms with Crippen LogP contribution in [-0.4, -0.2) is 66.7 Å². The standard InChI is InChI=1S/C13H27N3/c1-4-13-9-15(10-13)11-14-5-7-16(8-6-14)12(2)3/h12-13H,4-11H2,1-3H3. The first-order chi connectivity index (χ1) is 7.69. The summed E-state index contributed by atoms with van der Waals surface area (Å²) in [6.45, 7) is 15.8. The fourth-order valence-corrected chi connectivity index (χ4v) is 2.75. The first kappa shape index (κ1) is 12.3. The molecule has 3 heteroatoms. The summed E-state index contributed by atoms with van der Waals surface area (Å²) in [4.78, 5) is 7.80. The summed E-state index contributed by atoms with van der Waals surface area (Å²) in [6, 6.07) is 0.718. The Kier molecular flexibility index (Phi) is 4.22. The van der Waals surface area contributed by atoms with Crippen LogP contribution >= 0.6 is 0 Å². The molecule has 2 fully saturated rings. The zero-order chi connectivity index (χ0) is 11.5. The van der Waals surface area contributed by atoms with Crippen molar-refractivity contribution in [3.63, 3.8) is 0 Å². The van der Waals surface area contributed by atoms with Crippen LogP contribution in [0.3, 0.4) is 0 Å². The summed E-state index contributed by atoms with van der Waals surface area (Å²) in [6.07, 6.45) is 1.36. The Morgan fingerprint density at radius 1 is 1.00 bits per heavy atom. The van der Waals surface area contributed by atoms with E-state index >= 15 is 0 Å². The molecule has 0 aliphatic carbocycles. The highest BCUT2D eigenvalue weighted by atomic mass is 15.4. The minimum Gasteiger partial charge on any atom is -0.298 e. The highest BCUT2D eigenvalue weighted by molar-refractivity contribution is 4.80. The van der Waals surface area contributed by atoms with Crippen molar-refractivity contribution in [1.82, 2.24) is 14.7 Å². The van der Waals surface area contributed by atoms with Gasteiger partial charge in [0.2, 0.25) is 0 Å². The number of likely N-dealkylation sites (tertiary alicyclic amines) is 1. The molecule has 0 saturated carbocycles. The van der Waals surface area contributed by atoms with Gasteiger partial charge >= 0.3 is 0 Å². The molecule has 16 heavy (non-hydrogen) atoms. The minimum absolute atomic E-state index is 0.718. The SMILES string of the molecule is CCC1CN(CN2CCN(C(C)C)CC2)C1. The Morgan fingerprint density at radius 2 is 1.62 bits per heavy atom. The topological polar surface area (TPSA) is 9.72 Å². The number of rotatable bonds is 4. The van der Waals surface area contributed by atoms with E-state index < -0.39 is 0 Å². The van der Waals surface area contributed by atoms with Gasteiger partial charge in [0.25, 0.3) is 0 Å². The first-order valence-corrected chi connectivity index (χ1v) is 6.87. The minimum atomic E-state index is 0.718. The molecule has 2 saturated heterocycles. The lowest BCUT2D eigenvalue weighted by atomic mass is 9.98. The molecule has 0 atom stereocenters. The number of hydrogen-bond donors (Lipinski definition) is 0. The van der Waals surface area contributed by atoms with E-state index in [-0.39, 0.29) is 0 Å². The van der Waals surface area contributed by atoms with Crippen LogP contribution in [0.1, 0.15) is 27.2 Å². The van der Waals surface area contributed by atoms with Crippen LogP contribution in [0.5, 0.6) is 0 Å². The fourth-order valence-electron chi connectivity index (χ4n) is 2.75. The molecule has 0 aromatic rings. The zero-order valence-corrected chi connectivity index (χ0v) is 11.2. The van der Waals surface area contributed by atoms with Crippen molar-refractivity contribution in [3.05, 3.63) is 0 Å². The monoisotopic (exact) mass is 225 g/mol. The van der Waals surface area contributed by atoms with Gasteiger partial charge in [-0.3, -0.25) is 14.7 Å². The van der Waals surface area contributed by atoms with Gasteiger partial charge in [0.15, 0.2) is 0 Å². The summed E-state index contributed by atoms with van der Waals surface area (Å²) < 4.78 is 0. The molecule has 0 amide bonds.